The minimum absolute atomic E-state index is 0.292. The number of aliphatic carboxylic acids is 2. The summed E-state index contributed by atoms with van der Waals surface area (Å²) in [4.78, 5) is 21.6. The number of carbonyl (C=O) groups is 2. The maximum Gasteiger partial charge on any atom is 0.317 e. The normalized spacial score (nSPS) is 12.2. The van der Waals surface area contributed by atoms with Gasteiger partial charge in [0.15, 0.2) is 0 Å². The maximum atomic E-state index is 11.0. The molecule has 0 aliphatic carbocycles. The first-order chi connectivity index (χ1) is 15.1. The highest BCUT2D eigenvalue weighted by Crippen LogP contribution is 2.19. The van der Waals surface area contributed by atoms with E-state index < -0.39 is 17.2 Å². The molecule has 4 nitrogen and oxygen atoms in total. The smallest absolute Gasteiger partial charge is 0.317 e. The first-order valence-corrected chi connectivity index (χ1v) is 14.2. The van der Waals surface area contributed by atoms with Gasteiger partial charge in [0.2, 0.25) is 0 Å². The third-order valence-electron chi connectivity index (χ3n) is 5.95. The van der Waals surface area contributed by atoms with Crippen LogP contribution in [0.25, 0.3) is 0 Å². The SMILES string of the molecule is CCCCCCCCCCCCCCCCCCCCCCSC(CC(=O)O)C(=O)O. The summed E-state index contributed by atoms with van der Waals surface area (Å²) in [5.74, 6) is -1.31. The van der Waals surface area contributed by atoms with Crippen molar-refractivity contribution < 1.29 is 19.8 Å². The Hall–Kier alpha value is -0.710. The molecule has 0 aromatic rings. The molecule has 0 aromatic carbocycles. The molecule has 0 saturated carbocycles. The van der Waals surface area contributed by atoms with Gasteiger partial charge in [-0.1, -0.05) is 129 Å². The Balaban J connectivity index is 3.20. The number of thioether (sulfide) groups is 1. The van der Waals surface area contributed by atoms with Crippen LogP contribution in [0.1, 0.15) is 142 Å². The summed E-state index contributed by atoms with van der Waals surface area (Å²) in [6.45, 7) is 2.28. The van der Waals surface area contributed by atoms with Crippen LogP contribution < -0.4 is 0 Å². The van der Waals surface area contributed by atoms with Gasteiger partial charge in [0, 0.05) is 0 Å². The van der Waals surface area contributed by atoms with E-state index in [4.69, 9.17) is 10.2 Å². The van der Waals surface area contributed by atoms with E-state index in [0.717, 1.165) is 18.6 Å². The second-order valence-electron chi connectivity index (χ2n) is 9.01. The van der Waals surface area contributed by atoms with Gasteiger partial charge in [-0.2, -0.15) is 0 Å². The summed E-state index contributed by atoms with van der Waals surface area (Å²) < 4.78 is 0. The van der Waals surface area contributed by atoms with Gasteiger partial charge in [0.25, 0.3) is 0 Å². The molecule has 5 heteroatoms. The Bertz CT molecular complexity index is 414. The van der Waals surface area contributed by atoms with E-state index in [1.807, 2.05) is 0 Å². The van der Waals surface area contributed by atoms with E-state index in [1.54, 1.807) is 0 Å². The maximum absolute atomic E-state index is 11.0. The molecule has 0 amide bonds. The molecule has 0 spiro atoms. The van der Waals surface area contributed by atoms with Crippen LogP contribution in [0.5, 0.6) is 0 Å². The van der Waals surface area contributed by atoms with Crippen molar-refractivity contribution >= 4 is 23.7 Å². The molecular formula is C26H50O4S. The zero-order chi connectivity index (χ0) is 23.0. The molecule has 0 rings (SSSR count). The Morgan fingerprint density at radius 1 is 0.581 bits per heavy atom. The van der Waals surface area contributed by atoms with E-state index in [9.17, 15) is 9.59 Å². The Labute approximate surface area is 196 Å². The minimum atomic E-state index is -1.04. The molecule has 0 heterocycles. The van der Waals surface area contributed by atoms with Gasteiger partial charge in [-0.05, 0) is 12.2 Å². The predicted molar refractivity (Wildman–Crippen MR) is 134 cm³/mol. The van der Waals surface area contributed by atoms with Gasteiger partial charge < -0.3 is 10.2 Å². The second kappa shape index (κ2) is 23.9. The van der Waals surface area contributed by atoms with Crippen LogP contribution in [-0.4, -0.2) is 33.2 Å². The van der Waals surface area contributed by atoms with Crippen LogP contribution in [-0.2, 0) is 9.59 Å². The summed E-state index contributed by atoms with van der Waals surface area (Å²) >= 11 is 1.27. The van der Waals surface area contributed by atoms with Crippen LogP contribution in [0.2, 0.25) is 0 Å². The number of hydrogen-bond donors (Lipinski definition) is 2. The standard InChI is InChI=1S/C26H50O4S/c1-2-3-4-5-6-7-8-9-10-11-12-13-14-15-16-17-18-19-20-21-22-31-24(26(29)30)23-25(27)28/h24H,2-23H2,1H3,(H,27,28)(H,29,30). The topological polar surface area (TPSA) is 74.6 Å². The van der Waals surface area contributed by atoms with Crippen molar-refractivity contribution in [1.82, 2.24) is 0 Å². The van der Waals surface area contributed by atoms with Crippen LogP contribution >= 0.6 is 11.8 Å². The predicted octanol–water partition coefficient (Wildman–Crippen LogP) is 8.47. The van der Waals surface area contributed by atoms with Gasteiger partial charge in [-0.3, -0.25) is 9.59 Å². The third kappa shape index (κ3) is 23.8. The first-order valence-electron chi connectivity index (χ1n) is 13.1. The zero-order valence-corrected chi connectivity index (χ0v) is 21.1. The molecule has 31 heavy (non-hydrogen) atoms. The van der Waals surface area contributed by atoms with E-state index in [1.165, 1.54) is 127 Å². The molecular weight excluding hydrogens is 408 g/mol. The highest BCUT2D eigenvalue weighted by molar-refractivity contribution is 8.00. The van der Waals surface area contributed by atoms with Crippen LogP contribution in [0.3, 0.4) is 0 Å². The molecule has 1 atom stereocenters. The van der Waals surface area contributed by atoms with E-state index >= 15 is 0 Å². The van der Waals surface area contributed by atoms with Gasteiger partial charge in [0.1, 0.15) is 5.25 Å². The Morgan fingerprint density at radius 3 is 1.19 bits per heavy atom. The molecule has 1 unspecified atom stereocenters. The van der Waals surface area contributed by atoms with Crippen molar-refractivity contribution in [3.63, 3.8) is 0 Å². The number of rotatable bonds is 25. The fourth-order valence-electron chi connectivity index (χ4n) is 3.96. The zero-order valence-electron chi connectivity index (χ0n) is 20.3. The average Bonchev–Trinajstić information content (AvgIpc) is 2.73. The molecule has 0 saturated heterocycles. The molecule has 0 aliphatic rings. The van der Waals surface area contributed by atoms with Gasteiger partial charge >= 0.3 is 11.9 Å². The quantitative estimate of drug-likeness (QED) is 0.134. The fraction of sp³-hybridized carbons (Fsp3) is 0.923. The van der Waals surface area contributed by atoms with E-state index in [-0.39, 0.29) is 6.42 Å². The lowest BCUT2D eigenvalue weighted by molar-refractivity contribution is -0.142. The molecule has 2 N–H and O–H groups in total. The fourth-order valence-corrected chi connectivity index (χ4v) is 5.02. The van der Waals surface area contributed by atoms with Crippen molar-refractivity contribution in [3.8, 4) is 0 Å². The summed E-state index contributed by atoms with van der Waals surface area (Å²) in [5, 5.41) is 16.9. The van der Waals surface area contributed by atoms with Crippen LogP contribution in [0.15, 0.2) is 0 Å². The van der Waals surface area contributed by atoms with Crippen molar-refractivity contribution in [3.05, 3.63) is 0 Å². The highest BCUT2D eigenvalue weighted by atomic mass is 32.2. The van der Waals surface area contributed by atoms with Crippen LogP contribution in [0, 0.1) is 0 Å². The van der Waals surface area contributed by atoms with Crippen molar-refractivity contribution in [2.75, 3.05) is 5.75 Å². The lowest BCUT2D eigenvalue weighted by atomic mass is 10.0. The van der Waals surface area contributed by atoms with Gasteiger partial charge in [-0.15, -0.1) is 11.8 Å². The first kappa shape index (κ1) is 30.3. The number of carboxylic acids is 2. The lowest BCUT2D eigenvalue weighted by Crippen LogP contribution is -2.20. The van der Waals surface area contributed by atoms with Crippen molar-refractivity contribution in [2.24, 2.45) is 0 Å². The monoisotopic (exact) mass is 458 g/mol. The number of hydrogen-bond acceptors (Lipinski definition) is 3. The highest BCUT2D eigenvalue weighted by Gasteiger charge is 2.20. The summed E-state index contributed by atoms with van der Waals surface area (Å²) in [7, 11) is 0. The molecule has 0 radical (unpaired) electrons. The van der Waals surface area contributed by atoms with Gasteiger partial charge in [-0.25, -0.2) is 0 Å². The molecule has 0 aliphatic heterocycles. The van der Waals surface area contributed by atoms with Gasteiger partial charge in [0.05, 0.1) is 6.42 Å². The van der Waals surface area contributed by atoms with E-state index in [0.29, 0.717) is 0 Å². The Kier molecular flexibility index (Phi) is 23.4. The summed E-state index contributed by atoms with van der Waals surface area (Å²) in [6.07, 6.45) is 26.7. The number of carboxylic acid groups (broad SMARTS) is 2. The molecule has 0 aromatic heterocycles. The lowest BCUT2D eigenvalue weighted by Gasteiger charge is -2.09. The summed E-state index contributed by atoms with van der Waals surface area (Å²) in [6, 6.07) is 0. The third-order valence-corrected chi connectivity index (χ3v) is 7.25. The van der Waals surface area contributed by atoms with E-state index in [2.05, 4.69) is 6.92 Å². The molecule has 184 valence electrons. The largest absolute Gasteiger partial charge is 0.481 e. The van der Waals surface area contributed by atoms with Crippen LogP contribution in [0.4, 0.5) is 0 Å². The molecule has 0 bridgehead atoms. The second-order valence-corrected chi connectivity index (χ2v) is 10.3. The van der Waals surface area contributed by atoms with Crippen molar-refractivity contribution in [1.29, 1.82) is 0 Å². The number of unbranched alkanes of at least 4 members (excludes halogenated alkanes) is 19. The summed E-state index contributed by atoms with van der Waals surface area (Å²) in [5.41, 5.74) is 0. The minimum Gasteiger partial charge on any atom is -0.481 e. The Morgan fingerprint density at radius 2 is 0.903 bits per heavy atom. The average molecular weight is 459 g/mol. The molecule has 0 fully saturated rings. The van der Waals surface area contributed by atoms with Crippen molar-refractivity contribution in [2.45, 2.75) is 147 Å².